The monoisotopic (exact) mass is 243 g/mol. The van der Waals surface area contributed by atoms with Crippen LogP contribution in [0.25, 0.3) is 0 Å². The first-order chi connectivity index (χ1) is 8.69. The van der Waals surface area contributed by atoms with Gasteiger partial charge in [0.15, 0.2) is 0 Å². The molecule has 1 atom stereocenters. The molecule has 2 aromatic rings. The Kier molecular flexibility index (Phi) is 4.15. The second kappa shape index (κ2) is 5.83. The molecule has 0 bridgehead atoms. The Bertz CT molecular complexity index is 502. The van der Waals surface area contributed by atoms with Gasteiger partial charge in [-0.05, 0) is 32.4 Å². The molecule has 0 fully saturated rings. The highest BCUT2D eigenvalue weighted by molar-refractivity contribution is 5.22. The van der Waals surface area contributed by atoms with Gasteiger partial charge in [-0.15, -0.1) is 0 Å². The lowest BCUT2D eigenvalue weighted by atomic mass is 10.0. The van der Waals surface area contributed by atoms with Crippen molar-refractivity contribution in [1.29, 1.82) is 0 Å². The number of rotatable bonds is 5. The van der Waals surface area contributed by atoms with E-state index in [1.165, 1.54) is 16.7 Å². The zero-order valence-electron chi connectivity index (χ0n) is 11.4. The van der Waals surface area contributed by atoms with Gasteiger partial charge in [0.05, 0.1) is 6.20 Å². The summed E-state index contributed by atoms with van der Waals surface area (Å²) in [6.45, 7) is 2.14. The minimum atomic E-state index is 0.374. The molecule has 3 heteroatoms. The number of aryl methyl sites for hydroxylation is 3. The lowest BCUT2D eigenvalue weighted by molar-refractivity contribution is 0.548. The topological polar surface area (TPSA) is 29.9 Å². The summed E-state index contributed by atoms with van der Waals surface area (Å²) in [4.78, 5) is 0. The van der Waals surface area contributed by atoms with Gasteiger partial charge in [-0.3, -0.25) is 4.68 Å². The summed E-state index contributed by atoms with van der Waals surface area (Å²) in [6, 6.07) is 9.10. The lowest BCUT2D eigenvalue weighted by Crippen LogP contribution is -2.16. The number of nitrogens with one attached hydrogen (secondary N) is 1. The molecule has 1 aromatic carbocycles. The molecule has 1 unspecified atom stereocenters. The predicted octanol–water partition coefficient (Wildman–Crippen LogP) is 2.62. The molecule has 96 valence electrons. The third kappa shape index (κ3) is 3.20. The number of hydrogen-bond donors (Lipinski definition) is 1. The molecule has 3 nitrogen and oxygen atoms in total. The second-order valence-corrected chi connectivity index (χ2v) is 4.82. The number of nitrogens with zero attached hydrogens (tertiary/aromatic N) is 2. The van der Waals surface area contributed by atoms with E-state index in [1.807, 2.05) is 25.0 Å². The van der Waals surface area contributed by atoms with E-state index in [0.29, 0.717) is 6.04 Å². The quantitative estimate of drug-likeness (QED) is 0.875. The molecule has 0 aliphatic rings. The summed E-state index contributed by atoms with van der Waals surface area (Å²) in [5.41, 5.74) is 3.99. The molecule has 0 saturated heterocycles. The molecule has 0 aliphatic heterocycles. The van der Waals surface area contributed by atoms with E-state index < -0.39 is 0 Å². The molecular formula is C15H21N3. The summed E-state index contributed by atoms with van der Waals surface area (Å²) >= 11 is 0. The van der Waals surface area contributed by atoms with Crippen LogP contribution < -0.4 is 5.32 Å². The zero-order chi connectivity index (χ0) is 13.0. The molecule has 0 aliphatic carbocycles. The minimum Gasteiger partial charge on any atom is -0.313 e. The van der Waals surface area contributed by atoms with Gasteiger partial charge in [-0.1, -0.05) is 29.8 Å². The SMILES string of the molecule is CNC(CCc1cccc(C)c1)c1cnn(C)c1. The average molecular weight is 243 g/mol. The van der Waals surface area contributed by atoms with Crippen molar-refractivity contribution in [2.45, 2.75) is 25.8 Å². The third-order valence-corrected chi connectivity index (χ3v) is 3.28. The molecule has 0 spiro atoms. The van der Waals surface area contributed by atoms with Crippen LogP contribution in [0.3, 0.4) is 0 Å². The van der Waals surface area contributed by atoms with Crippen molar-refractivity contribution >= 4 is 0 Å². The van der Waals surface area contributed by atoms with Crippen molar-refractivity contribution in [3.05, 3.63) is 53.3 Å². The standard InChI is InChI=1S/C15H21N3/c1-12-5-4-6-13(9-12)7-8-15(16-2)14-10-17-18(3)11-14/h4-6,9-11,15-16H,7-8H2,1-3H3. The van der Waals surface area contributed by atoms with E-state index in [9.17, 15) is 0 Å². The summed E-state index contributed by atoms with van der Waals surface area (Å²) in [7, 11) is 3.96. The van der Waals surface area contributed by atoms with Gasteiger partial charge in [-0.25, -0.2) is 0 Å². The van der Waals surface area contributed by atoms with Gasteiger partial charge in [0, 0.05) is 24.8 Å². The van der Waals surface area contributed by atoms with Gasteiger partial charge in [0.2, 0.25) is 0 Å². The Balaban J connectivity index is 1.99. The molecule has 1 N–H and O–H groups in total. The van der Waals surface area contributed by atoms with Crippen molar-refractivity contribution in [1.82, 2.24) is 15.1 Å². The zero-order valence-corrected chi connectivity index (χ0v) is 11.4. The molecule has 1 heterocycles. The van der Waals surface area contributed by atoms with E-state index in [0.717, 1.165) is 12.8 Å². The Labute approximate surface area is 109 Å². The Morgan fingerprint density at radius 2 is 2.22 bits per heavy atom. The van der Waals surface area contributed by atoms with Crippen LogP contribution in [0.15, 0.2) is 36.7 Å². The Hall–Kier alpha value is -1.61. The summed E-state index contributed by atoms with van der Waals surface area (Å²) in [5, 5.41) is 7.59. The van der Waals surface area contributed by atoms with E-state index in [1.54, 1.807) is 0 Å². The van der Waals surface area contributed by atoms with Gasteiger partial charge < -0.3 is 5.32 Å². The van der Waals surface area contributed by atoms with E-state index >= 15 is 0 Å². The van der Waals surface area contributed by atoms with Crippen LogP contribution in [0.5, 0.6) is 0 Å². The van der Waals surface area contributed by atoms with Crippen LogP contribution in [-0.2, 0) is 13.5 Å². The number of benzene rings is 1. The van der Waals surface area contributed by atoms with Gasteiger partial charge in [0.25, 0.3) is 0 Å². The third-order valence-electron chi connectivity index (χ3n) is 3.28. The van der Waals surface area contributed by atoms with Crippen molar-refractivity contribution < 1.29 is 0 Å². The molecule has 0 saturated carbocycles. The molecule has 0 radical (unpaired) electrons. The number of hydrogen-bond acceptors (Lipinski definition) is 2. The van der Waals surface area contributed by atoms with Crippen molar-refractivity contribution in [2.24, 2.45) is 7.05 Å². The molecule has 1 aromatic heterocycles. The number of aromatic nitrogens is 2. The first-order valence-corrected chi connectivity index (χ1v) is 6.40. The Morgan fingerprint density at radius 3 is 2.83 bits per heavy atom. The largest absolute Gasteiger partial charge is 0.313 e. The summed E-state index contributed by atoms with van der Waals surface area (Å²) in [5.74, 6) is 0. The first-order valence-electron chi connectivity index (χ1n) is 6.40. The van der Waals surface area contributed by atoms with E-state index in [4.69, 9.17) is 0 Å². The normalized spacial score (nSPS) is 12.6. The molecular weight excluding hydrogens is 222 g/mol. The van der Waals surface area contributed by atoms with Gasteiger partial charge in [0.1, 0.15) is 0 Å². The van der Waals surface area contributed by atoms with E-state index in [-0.39, 0.29) is 0 Å². The maximum absolute atomic E-state index is 4.23. The van der Waals surface area contributed by atoms with Crippen LogP contribution in [0.1, 0.15) is 29.2 Å². The van der Waals surface area contributed by atoms with Gasteiger partial charge >= 0.3 is 0 Å². The molecule has 2 rings (SSSR count). The second-order valence-electron chi connectivity index (χ2n) is 4.82. The molecule has 18 heavy (non-hydrogen) atoms. The van der Waals surface area contributed by atoms with Crippen molar-refractivity contribution in [3.63, 3.8) is 0 Å². The maximum Gasteiger partial charge on any atom is 0.0537 e. The van der Waals surface area contributed by atoms with Crippen LogP contribution in [0.2, 0.25) is 0 Å². The smallest absolute Gasteiger partial charge is 0.0537 e. The highest BCUT2D eigenvalue weighted by Gasteiger charge is 2.10. The van der Waals surface area contributed by atoms with Crippen LogP contribution >= 0.6 is 0 Å². The van der Waals surface area contributed by atoms with Crippen molar-refractivity contribution in [3.8, 4) is 0 Å². The van der Waals surface area contributed by atoms with Crippen LogP contribution in [0.4, 0.5) is 0 Å². The summed E-state index contributed by atoms with van der Waals surface area (Å²) < 4.78 is 1.85. The Morgan fingerprint density at radius 1 is 1.39 bits per heavy atom. The predicted molar refractivity (Wildman–Crippen MR) is 74.5 cm³/mol. The fourth-order valence-electron chi connectivity index (χ4n) is 2.28. The van der Waals surface area contributed by atoms with Crippen LogP contribution in [0, 0.1) is 6.92 Å². The van der Waals surface area contributed by atoms with Crippen molar-refractivity contribution in [2.75, 3.05) is 7.05 Å². The summed E-state index contributed by atoms with van der Waals surface area (Å²) in [6.07, 6.45) is 6.20. The minimum absolute atomic E-state index is 0.374. The fraction of sp³-hybridized carbons (Fsp3) is 0.400. The fourth-order valence-corrected chi connectivity index (χ4v) is 2.28. The molecule has 0 amide bonds. The van der Waals surface area contributed by atoms with Crippen LogP contribution in [-0.4, -0.2) is 16.8 Å². The highest BCUT2D eigenvalue weighted by Crippen LogP contribution is 2.18. The highest BCUT2D eigenvalue weighted by atomic mass is 15.2. The lowest BCUT2D eigenvalue weighted by Gasteiger charge is -2.14. The maximum atomic E-state index is 4.23. The average Bonchev–Trinajstić information content (AvgIpc) is 2.77. The van der Waals surface area contributed by atoms with Gasteiger partial charge in [-0.2, -0.15) is 5.10 Å². The van der Waals surface area contributed by atoms with E-state index in [2.05, 4.69) is 47.8 Å². The first kappa shape index (κ1) is 12.8.